The molecule has 1 aromatic rings. The highest BCUT2D eigenvalue weighted by atomic mass is 16.4. The maximum absolute atomic E-state index is 11.2. The van der Waals surface area contributed by atoms with Gasteiger partial charge in [-0.15, -0.1) is 0 Å². The summed E-state index contributed by atoms with van der Waals surface area (Å²) in [5, 5.41) is 19.4. The third kappa shape index (κ3) is 2.67. The summed E-state index contributed by atoms with van der Waals surface area (Å²) in [5.41, 5.74) is 1.33. The van der Waals surface area contributed by atoms with Crippen LogP contribution in [0.15, 0.2) is 18.2 Å². The number of carboxylic acids is 1. The molecule has 1 aromatic carbocycles. The van der Waals surface area contributed by atoms with Crippen LogP contribution in [0, 0.1) is 13.8 Å². The number of aryl methyl sites for hydroxylation is 2. The van der Waals surface area contributed by atoms with Crippen LogP contribution in [-0.4, -0.2) is 21.8 Å². The van der Waals surface area contributed by atoms with Gasteiger partial charge in [0.25, 0.3) is 0 Å². The predicted octanol–water partition coefficient (Wildman–Crippen LogP) is 2.63. The van der Waals surface area contributed by atoms with E-state index in [2.05, 4.69) is 0 Å². The van der Waals surface area contributed by atoms with Crippen molar-refractivity contribution < 1.29 is 15.0 Å². The Kier molecular flexibility index (Phi) is 3.94. The van der Waals surface area contributed by atoms with Gasteiger partial charge in [-0.2, -0.15) is 0 Å². The van der Waals surface area contributed by atoms with Gasteiger partial charge in [0, 0.05) is 5.92 Å². The average Bonchev–Trinajstić information content (AvgIpc) is 2.25. The van der Waals surface area contributed by atoms with E-state index in [0.717, 1.165) is 16.7 Å². The molecule has 2 N–H and O–H groups in total. The van der Waals surface area contributed by atoms with Crippen molar-refractivity contribution in [2.24, 2.45) is 0 Å². The van der Waals surface area contributed by atoms with Crippen LogP contribution < -0.4 is 0 Å². The van der Waals surface area contributed by atoms with Gasteiger partial charge in [-0.25, -0.2) is 4.79 Å². The van der Waals surface area contributed by atoms with Crippen molar-refractivity contribution in [3.8, 4) is 0 Å². The number of aliphatic hydroxyl groups is 1. The highest BCUT2D eigenvalue weighted by Crippen LogP contribution is 2.32. The van der Waals surface area contributed by atoms with E-state index in [0.29, 0.717) is 0 Å². The van der Waals surface area contributed by atoms with Gasteiger partial charge in [0.05, 0.1) is 0 Å². The zero-order chi connectivity index (χ0) is 13.2. The topological polar surface area (TPSA) is 57.5 Å². The summed E-state index contributed by atoms with van der Waals surface area (Å²) in [5.74, 6) is -1.59. The molecule has 17 heavy (non-hydrogen) atoms. The number of rotatable bonds is 4. The minimum absolute atomic E-state index is 0.191. The van der Waals surface area contributed by atoms with Crippen LogP contribution in [0.4, 0.5) is 0 Å². The summed E-state index contributed by atoms with van der Waals surface area (Å²) in [7, 11) is 0. The summed E-state index contributed by atoms with van der Waals surface area (Å²) >= 11 is 0. The fraction of sp³-hybridized carbons (Fsp3) is 0.500. The van der Waals surface area contributed by atoms with Crippen LogP contribution in [0.25, 0.3) is 0 Å². The smallest absolute Gasteiger partial charge is 0.336 e. The normalized spacial score (nSPS) is 16.3. The number of aliphatic carboxylic acids is 1. The first-order valence-electron chi connectivity index (χ1n) is 5.85. The van der Waals surface area contributed by atoms with Gasteiger partial charge in [0.1, 0.15) is 0 Å². The molecule has 0 saturated heterocycles. The van der Waals surface area contributed by atoms with Crippen LogP contribution in [0.5, 0.6) is 0 Å². The molecule has 0 heterocycles. The van der Waals surface area contributed by atoms with Gasteiger partial charge < -0.3 is 10.2 Å². The number of hydrogen-bond acceptors (Lipinski definition) is 2. The lowest BCUT2D eigenvalue weighted by atomic mass is 9.80. The Morgan fingerprint density at radius 2 is 1.76 bits per heavy atom. The lowest BCUT2D eigenvalue weighted by molar-refractivity contribution is -0.161. The Morgan fingerprint density at radius 3 is 2.12 bits per heavy atom. The molecule has 0 aliphatic heterocycles. The van der Waals surface area contributed by atoms with Crippen LogP contribution >= 0.6 is 0 Å². The Labute approximate surface area is 102 Å². The monoisotopic (exact) mass is 236 g/mol. The first kappa shape index (κ1) is 13.7. The zero-order valence-electron chi connectivity index (χ0n) is 10.8. The summed E-state index contributed by atoms with van der Waals surface area (Å²) in [6, 6.07) is 5.89. The van der Waals surface area contributed by atoms with Crippen molar-refractivity contribution in [1.29, 1.82) is 0 Å². The highest BCUT2D eigenvalue weighted by molar-refractivity contribution is 5.78. The lowest BCUT2D eigenvalue weighted by Gasteiger charge is -2.29. The largest absolute Gasteiger partial charge is 0.479 e. The van der Waals surface area contributed by atoms with Crippen molar-refractivity contribution >= 4 is 5.97 Å². The van der Waals surface area contributed by atoms with Gasteiger partial charge in [-0.1, -0.05) is 43.2 Å². The lowest BCUT2D eigenvalue weighted by Crippen LogP contribution is -2.42. The van der Waals surface area contributed by atoms with Crippen molar-refractivity contribution in [2.75, 3.05) is 0 Å². The Morgan fingerprint density at radius 1 is 1.29 bits per heavy atom. The minimum Gasteiger partial charge on any atom is -0.479 e. The second kappa shape index (κ2) is 4.88. The van der Waals surface area contributed by atoms with Gasteiger partial charge in [-0.05, 0) is 25.8 Å². The van der Waals surface area contributed by atoms with E-state index >= 15 is 0 Å². The molecule has 0 saturated carbocycles. The maximum atomic E-state index is 11.2. The van der Waals surface area contributed by atoms with Crippen molar-refractivity contribution in [3.63, 3.8) is 0 Å². The quantitative estimate of drug-likeness (QED) is 0.845. The van der Waals surface area contributed by atoms with E-state index in [9.17, 15) is 9.90 Å². The van der Waals surface area contributed by atoms with E-state index in [4.69, 9.17) is 5.11 Å². The molecule has 0 amide bonds. The molecule has 0 aromatic heterocycles. The van der Waals surface area contributed by atoms with Crippen molar-refractivity contribution in [3.05, 3.63) is 34.9 Å². The Bertz CT molecular complexity index is 405. The molecule has 0 aliphatic rings. The zero-order valence-corrected chi connectivity index (χ0v) is 10.8. The highest BCUT2D eigenvalue weighted by Gasteiger charge is 2.40. The van der Waals surface area contributed by atoms with E-state index in [1.807, 2.05) is 32.0 Å². The molecule has 3 nitrogen and oxygen atoms in total. The molecule has 0 bridgehead atoms. The summed E-state index contributed by atoms with van der Waals surface area (Å²) < 4.78 is 0. The Hall–Kier alpha value is -1.35. The van der Waals surface area contributed by atoms with Gasteiger partial charge >= 0.3 is 5.97 Å². The van der Waals surface area contributed by atoms with Crippen molar-refractivity contribution in [2.45, 2.75) is 45.6 Å². The summed E-state index contributed by atoms with van der Waals surface area (Å²) in [6.07, 6.45) is 0.191. The second-order valence-electron chi connectivity index (χ2n) is 4.73. The fourth-order valence-electron chi connectivity index (χ4n) is 2.18. The Balaban J connectivity index is 3.18. The molecule has 0 fully saturated rings. The molecule has 1 rings (SSSR count). The molecule has 2 unspecified atom stereocenters. The van der Waals surface area contributed by atoms with Crippen LogP contribution in [-0.2, 0) is 4.79 Å². The first-order valence-corrected chi connectivity index (χ1v) is 5.85. The molecule has 2 atom stereocenters. The van der Waals surface area contributed by atoms with E-state index < -0.39 is 17.5 Å². The van der Waals surface area contributed by atoms with Crippen LogP contribution in [0.3, 0.4) is 0 Å². The third-order valence-electron chi connectivity index (χ3n) is 3.37. The van der Waals surface area contributed by atoms with E-state index in [1.54, 1.807) is 13.8 Å². The minimum atomic E-state index is -1.69. The molecular weight excluding hydrogens is 216 g/mol. The number of benzene rings is 1. The summed E-state index contributed by atoms with van der Waals surface area (Å²) in [6.45, 7) is 7.38. The summed E-state index contributed by atoms with van der Waals surface area (Å²) in [4.78, 5) is 11.2. The van der Waals surface area contributed by atoms with Crippen molar-refractivity contribution in [1.82, 2.24) is 0 Å². The van der Waals surface area contributed by atoms with Gasteiger partial charge in [-0.3, -0.25) is 0 Å². The number of carbonyl (C=O) groups is 1. The maximum Gasteiger partial charge on any atom is 0.336 e. The van der Waals surface area contributed by atoms with Crippen LogP contribution in [0.2, 0.25) is 0 Å². The number of hydrogen-bond donors (Lipinski definition) is 2. The number of carboxylic acid groups (broad SMARTS) is 1. The molecular formula is C14H20O3. The molecule has 0 aliphatic carbocycles. The molecule has 3 heteroatoms. The van der Waals surface area contributed by atoms with E-state index in [-0.39, 0.29) is 6.42 Å². The molecule has 0 radical (unpaired) electrons. The SMILES string of the molecule is CCC(O)(C(=O)O)C(C)c1cc(C)cc(C)c1. The predicted molar refractivity (Wildman–Crippen MR) is 67.2 cm³/mol. The second-order valence-corrected chi connectivity index (χ2v) is 4.73. The molecule has 94 valence electrons. The van der Waals surface area contributed by atoms with Crippen LogP contribution in [0.1, 0.15) is 42.9 Å². The third-order valence-corrected chi connectivity index (χ3v) is 3.37. The fourth-order valence-corrected chi connectivity index (χ4v) is 2.18. The standard InChI is InChI=1S/C14H20O3/c1-5-14(17,13(15)16)11(4)12-7-9(2)6-10(3)8-12/h6-8,11,17H,5H2,1-4H3,(H,15,16). The van der Waals surface area contributed by atoms with Gasteiger partial charge in [0.2, 0.25) is 0 Å². The van der Waals surface area contributed by atoms with E-state index in [1.165, 1.54) is 0 Å². The molecule has 0 spiro atoms. The average molecular weight is 236 g/mol. The van der Waals surface area contributed by atoms with Gasteiger partial charge in [0.15, 0.2) is 5.60 Å². The first-order chi connectivity index (χ1) is 7.81.